The highest BCUT2D eigenvalue weighted by molar-refractivity contribution is 6.41. The summed E-state index contributed by atoms with van der Waals surface area (Å²) in [6, 6.07) is 11.0. The highest BCUT2D eigenvalue weighted by Gasteiger charge is 2.30. The maximum Gasteiger partial charge on any atom is 0.273 e. The second kappa shape index (κ2) is 11.7. The van der Waals surface area contributed by atoms with Crippen LogP contribution in [-0.2, 0) is 4.79 Å². The lowest BCUT2D eigenvalue weighted by Gasteiger charge is -2.27. The number of rotatable bonds is 11. The van der Waals surface area contributed by atoms with Gasteiger partial charge in [0.25, 0.3) is 5.91 Å². The molecule has 0 saturated heterocycles. The number of carbonyl (C=O) groups excluding carboxylic acids is 2. The second-order valence-electron chi connectivity index (χ2n) is 9.55. The van der Waals surface area contributed by atoms with E-state index in [1.54, 1.807) is 19.4 Å². The number of para-hydroxylation sites is 1. The molecule has 2 amide bonds. The lowest BCUT2D eigenvalue weighted by molar-refractivity contribution is -0.117. The number of anilines is 3. The van der Waals surface area contributed by atoms with E-state index in [9.17, 15) is 9.59 Å². The standard InChI is InChI=1S/C27H30B2N6O3/c1-4-5-13-27(28,29)33-26(37)23-21(14-22(34-35-23)32-25(36)17-11-12-17)31-20-8-6-7-19(24(20)38-3)18-10-9-16(2)30-15-18/h6-10,14-15,17H,4-5,11-13H2,1-3H3,(H,33,37)(H2,31,32,34,36). The van der Waals surface area contributed by atoms with Crippen molar-refractivity contribution >= 4 is 44.7 Å². The van der Waals surface area contributed by atoms with Crippen molar-refractivity contribution in [2.75, 3.05) is 17.7 Å². The number of methoxy groups -OCH3 is 1. The molecule has 0 spiro atoms. The largest absolute Gasteiger partial charge is 0.494 e. The molecule has 38 heavy (non-hydrogen) atoms. The molecule has 0 bridgehead atoms. The highest BCUT2D eigenvalue weighted by atomic mass is 16.5. The van der Waals surface area contributed by atoms with Crippen LogP contribution in [-0.4, -0.2) is 55.1 Å². The molecule has 4 rings (SSSR count). The van der Waals surface area contributed by atoms with Crippen LogP contribution in [0.5, 0.6) is 5.75 Å². The molecule has 2 aromatic heterocycles. The number of aromatic nitrogens is 3. The Kier molecular flexibility index (Phi) is 8.34. The number of nitrogens with one attached hydrogen (secondary N) is 3. The van der Waals surface area contributed by atoms with E-state index in [1.807, 2.05) is 44.2 Å². The van der Waals surface area contributed by atoms with E-state index in [4.69, 9.17) is 20.4 Å². The first-order valence-electron chi connectivity index (χ1n) is 12.7. The Hall–Kier alpha value is -3.88. The van der Waals surface area contributed by atoms with E-state index in [-0.39, 0.29) is 23.3 Å². The zero-order chi connectivity index (χ0) is 27.3. The maximum absolute atomic E-state index is 13.2. The van der Waals surface area contributed by atoms with Gasteiger partial charge in [0.15, 0.2) is 11.5 Å². The minimum Gasteiger partial charge on any atom is -0.494 e. The minimum absolute atomic E-state index is 0.0234. The average molecular weight is 508 g/mol. The molecule has 11 heteroatoms. The first-order chi connectivity index (χ1) is 18.2. The molecule has 4 radical (unpaired) electrons. The quantitative estimate of drug-likeness (QED) is 0.337. The molecule has 3 aromatic rings. The van der Waals surface area contributed by atoms with Crippen molar-refractivity contribution in [3.05, 3.63) is 54.0 Å². The van der Waals surface area contributed by atoms with Crippen LogP contribution in [0.4, 0.5) is 17.2 Å². The van der Waals surface area contributed by atoms with Gasteiger partial charge in [0.05, 0.1) is 34.2 Å². The number of carbonyl (C=O) groups is 2. The zero-order valence-corrected chi connectivity index (χ0v) is 21.9. The number of unbranched alkanes of at least 4 members (excludes halogenated alkanes) is 1. The Labute approximate surface area is 225 Å². The van der Waals surface area contributed by atoms with E-state index in [1.165, 1.54) is 0 Å². The molecular formula is C27H30B2N6O3. The molecule has 1 fully saturated rings. The highest BCUT2D eigenvalue weighted by Crippen LogP contribution is 2.38. The maximum atomic E-state index is 13.2. The molecule has 0 unspecified atom stereocenters. The Bertz CT molecular complexity index is 1310. The minimum atomic E-state index is -1.42. The molecule has 192 valence electrons. The fourth-order valence-corrected chi connectivity index (χ4v) is 3.95. The van der Waals surface area contributed by atoms with Crippen LogP contribution >= 0.6 is 0 Å². The smallest absolute Gasteiger partial charge is 0.273 e. The molecule has 2 heterocycles. The number of nitrogens with zero attached hydrogens (tertiary/aromatic N) is 3. The third-order valence-electron chi connectivity index (χ3n) is 6.21. The van der Waals surface area contributed by atoms with Crippen LogP contribution in [0.2, 0.25) is 0 Å². The van der Waals surface area contributed by atoms with E-state index < -0.39 is 11.2 Å². The van der Waals surface area contributed by atoms with Gasteiger partial charge in [-0.2, -0.15) is 0 Å². The molecule has 1 aliphatic rings. The summed E-state index contributed by atoms with van der Waals surface area (Å²) in [5.74, 6) is 0.0107. The third kappa shape index (κ3) is 6.70. The van der Waals surface area contributed by atoms with Crippen LogP contribution in [0.3, 0.4) is 0 Å². The lowest BCUT2D eigenvalue weighted by atomic mass is 9.59. The Morgan fingerprint density at radius 3 is 2.58 bits per heavy atom. The molecule has 3 N–H and O–H groups in total. The first-order valence-corrected chi connectivity index (χ1v) is 12.7. The van der Waals surface area contributed by atoms with Gasteiger partial charge in [-0.1, -0.05) is 38.0 Å². The van der Waals surface area contributed by atoms with Crippen molar-refractivity contribution in [2.45, 2.75) is 51.3 Å². The molecule has 0 atom stereocenters. The summed E-state index contributed by atoms with van der Waals surface area (Å²) in [6.45, 7) is 3.93. The second-order valence-corrected chi connectivity index (χ2v) is 9.55. The van der Waals surface area contributed by atoms with Crippen molar-refractivity contribution in [2.24, 2.45) is 5.92 Å². The van der Waals surface area contributed by atoms with Crippen LogP contribution in [0, 0.1) is 12.8 Å². The molecule has 1 aliphatic carbocycles. The predicted octanol–water partition coefficient (Wildman–Crippen LogP) is 3.86. The number of hydrogen-bond donors (Lipinski definition) is 3. The van der Waals surface area contributed by atoms with E-state index in [2.05, 4.69) is 31.1 Å². The first kappa shape index (κ1) is 27.2. The van der Waals surface area contributed by atoms with Crippen LogP contribution in [0.15, 0.2) is 42.6 Å². The molecule has 1 aromatic carbocycles. The van der Waals surface area contributed by atoms with Gasteiger partial charge in [0.2, 0.25) is 5.91 Å². The van der Waals surface area contributed by atoms with Crippen LogP contribution < -0.4 is 20.7 Å². The van der Waals surface area contributed by atoms with Gasteiger partial charge in [-0.3, -0.25) is 14.6 Å². The topological polar surface area (TPSA) is 118 Å². The van der Waals surface area contributed by atoms with Gasteiger partial charge in [-0.05, 0) is 43.7 Å². The Morgan fingerprint density at radius 2 is 1.92 bits per heavy atom. The van der Waals surface area contributed by atoms with Crippen LogP contribution in [0.25, 0.3) is 11.1 Å². The summed E-state index contributed by atoms with van der Waals surface area (Å²) in [5.41, 5.74) is 3.41. The van der Waals surface area contributed by atoms with Gasteiger partial charge >= 0.3 is 0 Å². The third-order valence-corrected chi connectivity index (χ3v) is 6.21. The molecular weight excluding hydrogens is 478 g/mol. The lowest BCUT2D eigenvalue weighted by Crippen LogP contribution is -2.50. The summed E-state index contributed by atoms with van der Waals surface area (Å²) in [4.78, 5) is 29.9. The number of hydrogen-bond acceptors (Lipinski definition) is 7. The number of benzene rings is 1. The number of amides is 2. The summed E-state index contributed by atoms with van der Waals surface area (Å²) < 4.78 is 5.76. The van der Waals surface area contributed by atoms with Crippen molar-refractivity contribution in [3.8, 4) is 16.9 Å². The summed E-state index contributed by atoms with van der Waals surface area (Å²) in [5, 5.41) is 15.4. The van der Waals surface area contributed by atoms with E-state index in [0.717, 1.165) is 42.5 Å². The van der Waals surface area contributed by atoms with Crippen molar-refractivity contribution in [3.63, 3.8) is 0 Å². The summed E-state index contributed by atoms with van der Waals surface area (Å²) in [7, 11) is 13.8. The summed E-state index contributed by atoms with van der Waals surface area (Å²) >= 11 is 0. The Balaban J connectivity index is 1.69. The predicted molar refractivity (Wildman–Crippen MR) is 149 cm³/mol. The average Bonchev–Trinajstić information content (AvgIpc) is 3.74. The van der Waals surface area contributed by atoms with Crippen molar-refractivity contribution in [1.82, 2.24) is 20.5 Å². The van der Waals surface area contributed by atoms with E-state index >= 15 is 0 Å². The summed E-state index contributed by atoms with van der Waals surface area (Å²) in [6.07, 6.45) is 5.47. The normalized spacial score (nSPS) is 13.0. The zero-order valence-electron chi connectivity index (χ0n) is 21.9. The molecule has 9 nitrogen and oxygen atoms in total. The number of aryl methyl sites for hydroxylation is 1. The van der Waals surface area contributed by atoms with Gasteiger partial charge in [0, 0.05) is 35.0 Å². The van der Waals surface area contributed by atoms with Gasteiger partial charge in [0.1, 0.15) is 5.75 Å². The van der Waals surface area contributed by atoms with E-state index in [0.29, 0.717) is 23.5 Å². The number of pyridine rings is 1. The monoisotopic (exact) mass is 508 g/mol. The fraction of sp³-hybridized carbons (Fsp3) is 0.370. The SMILES string of the molecule is [B]C([B])(CCCC)NC(=O)c1nnc(NC(=O)C2CC2)cc1Nc1cccc(-c2ccc(C)nc2)c1OC. The molecule has 0 aliphatic heterocycles. The van der Waals surface area contributed by atoms with Crippen molar-refractivity contribution < 1.29 is 14.3 Å². The van der Waals surface area contributed by atoms with Gasteiger partial charge < -0.3 is 20.7 Å². The van der Waals surface area contributed by atoms with Gasteiger partial charge in [-0.25, -0.2) is 0 Å². The van der Waals surface area contributed by atoms with Crippen molar-refractivity contribution in [1.29, 1.82) is 0 Å². The fourth-order valence-electron chi connectivity index (χ4n) is 3.95. The number of ether oxygens (including phenoxy) is 1. The molecule has 1 saturated carbocycles. The van der Waals surface area contributed by atoms with Gasteiger partial charge in [-0.15, -0.1) is 10.2 Å². The Morgan fingerprint density at radius 1 is 1.13 bits per heavy atom. The van der Waals surface area contributed by atoms with Crippen LogP contribution in [0.1, 0.15) is 55.2 Å².